The van der Waals surface area contributed by atoms with Gasteiger partial charge in [-0.05, 0) is 23.8 Å². The first-order valence-corrected chi connectivity index (χ1v) is 7.81. The topological polar surface area (TPSA) is 51.8 Å². The van der Waals surface area contributed by atoms with Gasteiger partial charge >= 0.3 is 0 Å². The molecule has 3 rings (SSSR count). The molecule has 0 aliphatic heterocycles. The van der Waals surface area contributed by atoms with Crippen molar-refractivity contribution in [3.63, 3.8) is 0 Å². The summed E-state index contributed by atoms with van der Waals surface area (Å²) < 4.78 is 0. The second-order valence-electron chi connectivity index (χ2n) is 4.49. The van der Waals surface area contributed by atoms with Gasteiger partial charge < -0.3 is 5.73 Å². The van der Waals surface area contributed by atoms with Crippen LogP contribution in [0.2, 0.25) is 10.0 Å². The first-order chi connectivity index (χ1) is 10.1. The van der Waals surface area contributed by atoms with E-state index in [0.29, 0.717) is 10.0 Å². The fourth-order valence-electron chi connectivity index (χ4n) is 1.96. The zero-order valence-corrected chi connectivity index (χ0v) is 13.2. The zero-order chi connectivity index (χ0) is 14.8. The van der Waals surface area contributed by atoms with Gasteiger partial charge in [0.15, 0.2) is 0 Å². The van der Waals surface area contributed by atoms with Crippen LogP contribution in [0.1, 0.15) is 16.6 Å². The normalized spacial score (nSPS) is 12.3. The Balaban J connectivity index is 1.93. The van der Waals surface area contributed by atoms with Gasteiger partial charge in [0, 0.05) is 15.6 Å². The lowest BCUT2D eigenvalue weighted by atomic mass is 10.1. The molecule has 0 saturated heterocycles. The summed E-state index contributed by atoms with van der Waals surface area (Å²) in [6.07, 6.45) is 0. The lowest BCUT2D eigenvalue weighted by molar-refractivity contribution is 0.831. The van der Waals surface area contributed by atoms with Crippen LogP contribution in [-0.4, -0.2) is 10.2 Å². The molecule has 1 atom stereocenters. The minimum Gasteiger partial charge on any atom is -0.318 e. The van der Waals surface area contributed by atoms with Crippen LogP contribution in [0.4, 0.5) is 0 Å². The molecule has 21 heavy (non-hydrogen) atoms. The van der Waals surface area contributed by atoms with E-state index in [2.05, 4.69) is 10.2 Å². The van der Waals surface area contributed by atoms with Crippen LogP contribution in [0.5, 0.6) is 0 Å². The number of aromatic nitrogens is 2. The Hall–Kier alpha value is -1.46. The molecule has 0 bridgehead atoms. The largest absolute Gasteiger partial charge is 0.318 e. The van der Waals surface area contributed by atoms with Crippen molar-refractivity contribution in [3.8, 4) is 10.6 Å². The molecule has 2 aromatic carbocycles. The van der Waals surface area contributed by atoms with Crippen molar-refractivity contribution in [2.45, 2.75) is 6.04 Å². The van der Waals surface area contributed by atoms with E-state index in [1.165, 1.54) is 11.3 Å². The highest BCUT2D eigenvalue weighted by atomic mass is 35.5. The third kappa shape index (κ3) is 3.24. The van der Waals surface area contributed by atoms with E-state index in [-0.39, 0.29) is 6.04 Å². The van der Waals surface area contributed by atoms with Crippen molar-refractivity contribution in [2.75, 3.05) is 0 Å². The van der Waals surface area contributed by atoms with Gasteiger partial charge in [0.25, 0.3) is 0 Å². The van der Waals surface area contributed by atoms with Crippen molar-refractivity contribution in [3.05, 3.63) is 69.1 Å². The summed E-state index contributed by atoms with van der Waals surface area (Å²) in [6, 6.07) is 14.8. The fraction of sp³-hybridized carbons (Fsp3) is 0.0667. The van der Waals surface area contributed by atoms with E-state index in [1.807, 2.05) is 42.5 Å². The average molecular weight is 336 g/mol. The SMILES string of the molecule is NC(c1ccccc1)c1nnc(-c2cc(Cl)cc(Cl)c2)s1. The van der Waals surface area contributed by atoms with Gasteiger partial charge in [-0.3, -0.25) is 0 Å². The van der Waals surface area contributed by atoms with Crippen LogP contribution in [0.25, 0.3) is 10.6 Å². The average Bonchev–Trinajstić information content (AvgIpc) is 2.96. The van der Waals surface area contributed by atoms with E-state index in [0.717, 1.165) is 21.1 Å². The van der Waals surface area contributed by atoms with Crippen molar-refractivity contribution in [1.29, 1.82) is 0 Å². The highest BCUT2D eigenvalue weighted by molar-refractivity contribution is 7.14. The minimum atomic E-state index is -0.285. The lowest BCUT2D eigenvalue weighted by Crippen LogP contribution is -2.11. The van der Waals surface area contributed by atoms with Crippen LogP contribution in [0, 0.1) is 0 Å². The molecule has 1 aromatic heterocycles. The number of halogens is 2. The smallest absolute Gasteiger partial charge is 0.147 e. The number of benzene rings is 2. The molecule has 3 nitrogen and oxygen atoms in total. The van der Waals surface area contributed by atoms with Crippen molar-refractivity contribution >= 4 is 34.5 Å². The Morgan fingerprint density at radius 1 is 0.952 bits per heavy atom. The summed E-state index contributed by atoms with van der Waals surface area (Å²) in [5.74, 6) is 0. The van der Waals surface area contributed by atoms with E-state index in [4.69, 9.17) is 28.9 Å². The van der Waals surface area contributed by atoms with Gasteiger partial charge in [0.1, 0.15) is 10.0 Å². The molecule has 0 spiro atoms. The molecular formula is C15H11Cl2N3S. The van der Waals surface area contributed by atoms with Crippen molar-refractivity contribution < 1.29 is 0 Å². The maximum atomic E-state index is 6.22. The second-order valence-corrected chi connectivity index (χ2v) is 6.37. The molecular weight excluding hydrogens is 325 g/mol. The van der Waals surface area contributed by atoms with Crippen LogP contribution in [0.15, 0.2) is 48.5 Å². The molecule has 1 unspecified atom stereocenters. The van der Waals surface area contributed by atoms with Gasteiger partial charge in [0.2, 0.25) is 0 Å². The summed E-state index contributed by atoms with van der Waals surface area (Å²) in [7, 11) is 0. The van der Waals surface area contributed by atoms with Gasteiger partial charge in [-0.25, -0.2) is 0 Å². The maximum absolute atomic E-state index is 6.22. The third-order valence-corrected chi connectivity index (χ3v) is 4.47. The quantitative estimate of drug-likeness (QED) is 0.763. The van der Waals surface area contributed by atoms with Crippen LogP contribution in [0.3, 0.4) is 0 Å². The Kier molecular flexibility index (Phi) is 4.22. The van der Waals surface area contributed by atoms with Gasteiger partial charge in [0.05, 0.1) is 6.04 Å². The maximum Gasteiger partial charge on any atom is 0.147 e. The molecule has 2 N–H and O–H groups in total. The Labute approximate surface area is 136 Å². The molecule has 3 aromatic rings. The molecule has 6 heteroatoms. The highest BCUT2D eigenvalue weighted by Crippen LogP contribution is 2.31. The summed E-state index contributed by atoms with van der Waals surface area (Å²) in [5, 5.41) is 11.0. The van der Waals surface area contributed by atoms with Crippen LogP contribution >= 0.6 is 34.5 Å². The molecule has 0 radical (unpaired) electrons. The van der Waals surface area contributed by atoms with Crippen LogP contribution in [-0.2, 0) is 0 Å². The summed E-state index contributed by atoms with van der Waals surface area (Å²) in [5.41, 5.74) is 8.07. The van der Waals surface area contributed by atoms with E-state index >= 15 is 0 Å². The number of hydrogen-bond acceptors (Lipinski definition) is 4. The van der Waals surface area contributed by atoms with Gasteiger partial charge in [-0.2, -0.15) is 0 Å². The highest BCUT2D eigenvalue weighted by Gasteiger charge is 2.15. The molecule has 0 aliphatic rings. The Morgan fingerprint density at radius 2 is 1.62 bits per heavy atom. The van der Waals surface area contributed by atoms with Crippen molar-refractivity contribution in [1.82, 2.24) is 10.2 Å². The van der Waals surface area contributed by atoms with Gasteiger partial charge in [-0.15, -0.1) is 10.2 Å². The minimum absolute atomic E-state index is 0.285. The standard InChI is InChI=1S/C15H11Cl2N3S/c16-11-6-10(7-12(17)8-11)14-19-20-15(21-14)13(18)9-4-2-1-3-5-9/h1-8,13H,18H2. The molecule has 0 saturated carbocycles. The lowest BCUT2D eigenvalue weighted by Gasteiger charge is -2.06. The fourth-order valence-corrected chi connectivity index (χ4v) is 3.34. The first-order valence-electron chi connectivity index (χ1n) is 6.24. The number of nitrogens with two attached hydrogens (primary N) is 1. The predicted octanol–water partition coefficient (Wildman–Crippen LogP) is 4.56. The number of nitrogens with zero attached hydrogens (tertiary/aromatic N) is 2. The molecule has 106 valence electrons. The van der Waals surface area contributed by atoms with E-state index in [9.17, 15) is 0 Å². The number of rotatable bonds is 3. The number of hydrogen-bond donors (Lipinski definition) is 1. The van der Waals surface area contributed by atoms with E-state index < -0.39 is 0 Å². The molecule has 0 fully saturated rings. The summed E-state index contributed by atoms with van der Waals surface area (Å²) >= 11 is 13.5. The second kappa shape index (κ2) is 6.12. The molecule has 1 heterocycles. The Morgan fingerprint density at radius 3 is 2.29 bits per heavy atom. The van der Waals surface area contributed by atoms with Crippen LogP contribution < -0.4 is 5.73 Å². The van der Waals surface area contributed by atoms with E-state index in [1.54, 1.807) is 6.07 Å². The molecule has 0 aliphatic carbocycles. The third-order valence-electron chi connectivity index (χ3n) is 2.97. The predicted molar refractivity (Wildman–Crippen MR) is 87.8 cm³/mol. The summed E-state index contributed by atoms with van der Waals surface area (Å²) in [6.45, 7) is 0. The van der Waals surface area contributed by atoms with Gasteiger partial charge in [-0.1, -0.05) is 64.9 Å². The molecule has 0 amide bonds. The first kappa shape index (κ1) is 14.5. The van der Waals surface area contributed by atoms with Crippen molar-refractivity contribution in [2.24, 2.45) is 5.73 Å². The monoisotopic (exact) mass is 335 g/mol. The summed E-state index contributed by atoms with van der Waals surface area (Å²) in [4.78, 5) is 0. The zero-order valence-electron chi connectivity index (χ0n) is 10.8. The Bertz CT molecular complexity index is 738.